The van der Waals surface area contributed by atoms with Crippen molar-refractivity contribution in [3.8, 4) is 5.75 Å². The van der Waals surface area contributed by atoms with Crippen LogP contribution >= 0.6 is 0 Å². The first-order chi connectivity index (χ1) is 7.68. The van der Waals surface area contributed by atoms with Crippen molar-refractivity contribution in [2.24, 2.45) is 11.8 Å². The molecule has 0 aliphatic carbocycles. The molecule has 1 saturated heterocycles. The van der Waals surface area contributed by atoms with Crippen LogP contribution in [0.1, 0.15) is 6.92 Å². The van der Waals surface area contributed by atoms with E-state index in [0.29, 0.717) is 11.6 Å². The maximum absolute atomic E-state index is 11.8. The predicted octanol–water partition coefficient (Wildman–Crippen LogP) is 1.19. The predicted molar refractivity (Wildman–Crippen MR) is 62.3 cm³/mol. The summed E-state index contributed by atoms with van der Waals surface area (Å²) in [5, 5.41) is 15.4. The van der Waals surface area contributed by atoms with Gasteiger partial charge in [-0.15, -0.1) is 0 Å². The number of carbonyl (C=O) groups is 1. The Morgan fingerprint density at radius 1 is 1.50 bits per heavy atom. The number of hydrogen-bond donors (Lipinski definition) is 3. The van der Waals surface area contributed by atoms with E-state index in [2.05, 4.69) is 10.6 Å². The lowest BCUT2D eigenvalue weighted by Crippen LogP contribution is -2.48. The molecule has 3 N–H and O–H groups in total. The minimum Gasteiger partial charge on any atom is -0.506 e. The molecule has 16 heavy (non-hydrogen) atoms. The molecule has 2 rings (SSSR count). The second-order valence-corrected chi connectivity index (χ2v) is 4.21. The molecule has 0 saturated carbocycles. The van der Waals surface area contributed by atoms with Crippen LogP contribution in [-0.2, 0) is 4.79 Å². The zero-order chi connectivity index (χ0) is 11.5. The van der Waals surface area contributed by atoms with Crippen molar-refractivity contribution in [1.82, 2.24) is 5.32 Å². The Morgan fingerprint density at radius 2 is 2.19 bits per heavy atom. The quantitative estimate of drug-likeness (QED) is 0.670. The smallest absolute Gasteiger partial charge is 0.227 e. The third-order valence-electron chi connectivity index (χ3n) is 3.10. The van der Waals surface area contributed by atoms with Crippen molar-refractivity contribution in [1.29, 1.82) is 0 Å². The van der Waals surface area contributed by atoms with Gasteiger partial charge in [-0.05, 0) is 31.1 Å². The van der Waals surface area contributed by atoms with E-state index in [0.717, 1.165) is 13.1 Å². The van der Waals surface area contributed by atoms with E-state index in [1.807, 2.05) is 6.92 Å². The molecule has 86 valence electrons. The van der Waals surface area contributed by atoms with E-state index >= 15 is 0 Å². The lowest BCUT2D eigenvalue weighted by Gasteiger charge is -2.31. The van der Waals surface area contributed by atoms with Gasteiger partial charge in [-0.1, -0.05) is 19.1 Å². The third kappa shape index (κ3) is 2.17. The van der Waals surface area contributed by atoms with Crippen molar-refractivity contribution < 1.29 is 9.90 Å². The average Bonchev–Trinajstić information content (AvgIpc) is 2.18. The Morgan fingerprint density at radius 3 is 2.75 bits per heavy atom. The first kappa shape index (κ1) is 11.0. The maximum Gasteiger partial charge on any atom is 0.227 e. The Bertz CT molecular complexity index is 388. The van der Waals surface area contributed by atoms with E-state index in [-0.39, 0.29) is 17.6 Å². The van der Waals surface area contributed by atoms with Crippen LogP contribution in [0.2, 0.25) is 0 Å². The summed E-state index contributed by atoms with van der Waals surface area (Å²) in [7, 11) is 0. The van der Waals surface area contributed by atoms with Crippen LogP contribution in [0.4, 0.5) is 5.69 Å². The highest BCUT2D eigenvalue weighted by Gasteiger charge is 2.28. The number of phenolic OH excluding ortho intramolecular Hbond substituents is 1. The van der Waals surface area contributed by atoms with Gasteiger partial charge in [0.25, 0.3) is 0 Å². The van der Waals surface area contributed by atoms with Gasteiger partial charge in [-0.2, -0.15) is 0 Å². The maximum atomic E-state index is 11.8. The average molecular weight is 220 g/mol. The van der Waals surface area contributed by atoms with Crippen LogP contribution < -0.4 is 10.6 Å². The van der Waals surface area contributed by atoms with Crippen molar-refractivity contribution in [2.45, 2.75) is 6.92 Å². The Labute approximate surface area is 94.7 Å². The summed E-state index contributed by atoms with van der Waals surface area (Å²) in [6.45, 7) is 3.71. The van der Waals surface area contributed by atoms with Gasteiger partial charge in [0.15, 0.2) is 0 Å². The number of carbonyl (C=O) groups excluding carboxylic acids is 1. The molecule has 1 fully saturated rings. The molecule has 1 unspecified atom stereocenters. The first-order valence-electron chi connectivity index (χ1n) is 5.48. The molecule has 1 aliphatic heterocycles. The SMILES string of the molecule is CC(C(=O)Nc1ccccc1O)C1CNC1. The minimum absolute atomic E-state index is 0.0270. The summed E-state index contributed by atoms with van der Waals surface area (Å²) < 4.78 is 0. The summed E-state index contributed by atoms with van der Waals surface area (Å²) in [5.41, 5.74) is 0.478. The lowest BCUT2D eigenvalue weighted by molar-refractivity contribution is -0.121. The number of rotatable bonds is 3. The summed E-state index contributed by atoms with van der Waals surface area (Å²) >= 11 is 0. The largest absolute Gasteiger partial charge is 0.506 e. The fraction of sp³-hybridized carbons (Fsp3) is 0.417. The van der Waals surface area contributed by atoms with Crippen LogP contribution in [0.3, 0.4) is 0 Å². The van der Waals surface area contributed by atoms with Gasteiger partial charge in [0.05, 0.1) is 5.69 Å². The van der Waals surface area contributed by atoms with Gasteiger partial charge in [0.1, 0.15) is 5.75 Å². The summed E-state index contributed by atoms with van der Waals surface area (Å²) in [6, 6.07) is 6.76. The first-order valence-corrected chi connectivity index (χ1v) is 5.48. The Kier molecular flexibility index (Phi) is 3.10. The number of aromatic hydroxyl groups is 1. The van der Waals surface area contributed by atoms with Crippen LogP contribution in [0.25, 0.3) is 0 Å². The second-order valence-electron chi connectivity index (χ2n) is 4.21. The molecule has 4 heteroatoms. The summed E-state index contributed by atoms with van der Waals surface area (Å²) in [6.07, 6.45) is 0. The molecule has 1 heterocycles. The zero-order valence-electron chi connectivity index (χ0n) is 9.23. The molecule has 0 bridgehead atoms. The number of para-hydroxylation sites is 2. The highest BCUT2D eigenvalue weighted by Crippen LogP contribution is 2.24. The van der Waals surface area contributed by atoms with Gasteiger partial charge in [-0.3, -0.25) is 4.79 Å². The van der Waals surface area contributed by atoms with Crippen LogP contribution in [0.5, 0.6) is 5.75 Å². The molecular weight excluding hydrogens is 204 g/mol. The summed E-state index contributed by atoms with van der Waals surface area (Å²) in [4.78, 5) is 11.8. The molecule has 0 spiro atoms. The van der Waals surface area contributed by atoms with Crippen LogP contribution in [-0.4, -0.2) is 24.1 Å². The highest BCUT2D eigenvalue weighted by molar-refractivity contribution is 5.93. The Balaban J connectivity index is 1.99. The normalized spacial score (nSPS) is 17.6. The van der Waals surface area contributed by atoms with Crippen molar-refractivity contribution in [2.75, 3.05) is 18.4 Å². The number of phenols is 1. The topological polar surface area (TPSA) is 61.4 Å². The molecule has 1 aliphatic rings. The number of anilines is 1. The van der Waals surface area contributed by atoms with Gasteiger partial charge in [0, 0.05) is 5.92 Å². The van der Waals surface area contributed by atoms with Gasteiger partial charge >= 0.3 is 0 Å². The zero-order valence-corrected chi connectivity index (χ0v) is 9.23. The molecule has 4 nitrogen and oxygen atoms in total. The minimum atomic E-state index is -0.0343. The van der Waals surface area contributed by atoms with E-state index in [4.69, 9.17) is 0 Å². The van der Waals surface area contributed by atoms with Gasteiger partial charge in [-0.25, -0.2) is 0 Å². The van der Waals surface area contributed by atoms with E-state index in [1.54, 1.807) is 24.3 Å². The molecule has 1 amide bonds. The van der Waals surface area contributed by atoms with Crippen molar-refractivity contribution in [3.05, 3.63) is 24.3 Å². The van der Waals surface area contributed by atoms with Crippen LogP contribution in [0, 0.1) is 11.8 Å². The van der Waals surface area contributed by atoms with Gasteiger partial charge < -0.3 is 15.7 Å². The molecule has 0 radical (unpaired) electrons. The fourth-order valence-electron chi connectivity index (χ4n) is 1.70. The van der Waals surface area contributed by atoms with Gasteiger partial charge in [0.2, 0.25) is 5.91 Å². The van der Waals surface area contributed by atoms with E-state index in [1.165, 1.54) is 0 Å². The van der Waals surface area contributed by atoms with E-state index < -0.39 is 0 Å². The lowest BCUT2D eigenvalue weighted by atomic mass is 9.88. The molecular formula is C12H16N2O2. The number of nitrogens with one attached hydrogen (secondary N) is 2. The number of hydrogen-bond acceptors (Lipinski definition) is 3. The Hall–Kier alpha value is -1.55. The highest BCUT2D eigenvalue weighted by atomic mass is 16.3. The molecule has 0 aromatic heterocycles. The number of benzene rings is 1. The number of amides is 1. The monoisotopic (exact) mass is 220 g/mol. The molecule has 1 aromatic rings. The fourth-order valence-corrected chi connectivity index (χ4v) is 1.70. The van der Waals surface area contributed by atoms with E-state index in [9.17, 15) is 9.90 Å². The van der Waals surface area contributed by atoms with Crippen LogP contribution in [0.15, 0.2) is 24.3 Å². The summed E-state index contributed by atoms with van der Waals surface area (Å²) in [5.74, 6) is 0.453. The standard InChI is InChI=1S/C12H16N2O2/c1-8(9-6-13-7-9)12(16)14-10-4-2-3-5-11(10)15/h2-5,8-9,13,15H,6-7H2,1H3,(H,14,16). The second kappa shape index (κ2) is 4.53. The molecule has 1 aromatic carbocycles. The van der Waals surface area contributed by atoms with Crippen molar-refractivity contribution in [3.63, 3.8) is 0 Å². The molecule has 1 atom stereocenters. The van der Waals surface area contributed by atoms with Crippen molar-refractivity contribution >= 4 is 11.6 Å². The third-order valence-corrected chi connectivity index (χ3v) is 3.10.